The maximum Gasteiger partial charge on any atom is 0.251 e. The van der Waals surface area contributed by atoms with Gasteiger partial charge in [0, 0.05) is 18.7 Å². The van der Waals surface area contributed by atoms with Crippen LogP contribution in [0.4, 0.5) is 0 Å². The Morgan fingerprint density at radius 3 is 3.11 bits per heavy atom. The highest BCUT2D eigenvalue weighted by Gasteiger charge is 2.17. The number of nitrogens with one attached hydrogen (secondary N) is 1. The van der Waals surface area contributed by atoms with E-state index < -0.39 is 0 Å². The lowest BCUT2D eigenvalue weighted by atomic mass is 10.2. The number of carbonyl (C=O) groups is 1. The SMILES string of the molecule is COc1cc(C(=O)NCC2CCCO2)ccc1O. The largest absolute Gasteiger partial charge is 0.504 e. The summed E-state index contributed by atoms with van der Waals surface area (Å²) in [6.45, 7) is 1.29. The van der Waals surface area contributed by atoms with Crippen molar-refractivity contribution in [1.29, 1.82) is 0 Å². The van der Waals surface area contributed by atoms with Crippen LogP contribution in [0.5, 0.6) is 11.5 Å². The number of amides is 1. The molecule has 1 aromatic rings. The molecule has 1 atom stereocenters. The van der Waals surface area contributed by atoms with Crippen molar-refractivity contribution < 1.29 is 19.4 Å². The maximum atomic E-state index is 11.9. The Balaban J connectivity index is 1.95. The Morgan fingerprint density at radius 1 is 1.61 bits per heavy atom. The highest BCUT2D eigenvalue weighted by Crippen LogP contribution is 2.26. The van der Waals surface area contributed by atoms with Crippen molar-refractivity contribution in [2.24, 2.45) is 0 Å². The highest BCUT2D eigenvalue weighted by molar-refractivity contribution is 5.94. The second-order valence-electron chi connectivity index (χ2n) is 4.23. The fourth-order valence-electron chi connectivity index (χ4n) is 1.93. The first-order valence-electron chi connectivity index (χ1n) is 5.97. The predicted octanol–water partition coefficient (Wildman–Crippen LogP) is 1.31. The van der Waals surface area contributed by atoms with Gasteiger partial charge in [-0.25, -0.2) is 0 Å². The number of phenolic OH excluding ortho intramolecular Hbond substituents is 1. The van der Waals surface area contributed by atoms with Crippen LogP contribution in [0, 0.1) is 0 Å². The van der Waals surface area contributed by atoms with Gasteiger partial charge in [0.15, 0.2) is 11.5 Å². The average molecular weight is 251 g/mol. The molecule has 5 heteroatoms. The minimum absolute atomic E-state index is 0.0215. The lowest BCUT2D eigenvalue weighted by Crippen LogP contribution is -2.31. The molecule has 0 aromatic heterocycles. The summed E-state index contributed by atoms with van der Waals surface area (Å²) in [5, 5.41) is 12.3. The van der Waals surface area contributed by atoms with Crippen LogP contribution in [0.3, 0.4) is 0 Å². The van der Waals surface area contributed by atoms with E-state index in [0.29, 0.717) is 17.9 Å². The van der Waals surface area contributed by atoms with Crippen molar-refractivity contribution >= 4 is 5.91 Å². The van der Waals surface area contributed by atoms with Gasteiger partial charge >= 0.3 is 0 Å². The fourth-order valence-corrected chi connectivity index (χ4v) is 1.93. The van der Waals surface area contributed by atoms with Crippen molar-refractivity contribution in [1.82, 2.24) is 5.32 Å². The van der Waals surface area contributed by atoms with E-state index in [1.165, 1.54) is 19.2 Å². The van der Waals surface area contributed by atoms with Gasteiger partial charge in [0.1, 0.15) is 0 Å². The lowest BCUT2D eigenvalue weighted by Gasteiger charge is -2.11. The third-order valence-electron chi connectivity index (χ3n) is 2.96. The molecule has 0 radical (unpaired) electrons. The van der Waals surface area contributed by atoms with Gasteiger partial charge in [-0.3, -0.25) is 4.79 Å². The van der Waals surface area contributed by atoms with Crippen molar-refractivity contribution in [3.8, 4) is 11.5 Å². The third kappa shape index (κ3) is 2.92. The molecule has 5 nitrogen and oxygen atoms in total. The van der Waals surface area contributed by atoms with Gasteiger partial charge in [-0.05, 0) is 31.0 Å². The molecule has 98 valence electrons. The topological polar surface area (TPSA) is 67.8 Å². The van der Waals surface area contributed by atoms with E-state index in [9.17, 15) is 9.90 Å². The zero-order valence-corrected chi connectivity index (χ0v) is 10.3. The fraction of sp³-hybridized carbons (Fsp3) is 0.462. The van der Waals surface area contributed by atoms with Crippen molar-refractivity contribution in [2.75, 3.05) is 20.3 Å². The van der Waals surface area contributed by atoms with E-state index in [-0.39, 0.29) is 17.8 Å². The van der Waals surface area contributed by atoms with Gasteiger partial charge in [-0.1, -0.05) is 0 Å². The van der Waals surface area contributed by atoms with Crippen molar-refractivity contribution in [3.05, 3.63) is 23.8 Å². The molecule has 1 fully saturated rings. The Labute approximate surface area is 106 Å². The van der Waals surface area contributed by atoms with E-state index >= 15 is 0 Å². The molecule has 2 N–H and O–H groups in total. The van der Waals surface area contributed by atoms with Gasteiger partial charge in [-0.2, -0.15) is 0 Å². The van der Waals surface area contributed by atoms with E-state index in [1.807, 2.05) is 0 Å². The van der Waals surface area contributed by atoms with Crippen LogP contribution < -0.4 is 10.1 Å². The zero-order valence-electron chi connectivity index (χ0n) is 10.3. The highest BCUT2D eigenvalue weighted by atomic mass is 16.5. The molecule has 0 saturated carbocycles. The summed E-state index contributed by atoms with van der Waals surface area (Å²) < 4.78 is 10.4. The first kappa shape index (κ1) is 12.7. The van der Waals surface area contributed by atoms with E-state index in [4.69, 9.17) is 9.47 Å². The quantitative estimate of drug-likeness (QED) is 0.846. The van der Waals surface area contributed by atoms with Gasteiger partial charge in [0.05, 0.1) is 13.2 Å². The molecule has 18 heavy (non-hydrogen) atoms. The summed E-state index contributed by atoms with van der Waals surface area (Å²) in [6.07, 6.45) is 2.15. The monoisotopic (exact) mass is 251 g/mol. The second-order valence-corrected chi connectivity index (χ2v) is 4.23. The van der Waals surface area contributed by atoms with E-state index in [1.54, 1.807) is 6.07 Å². The molecule has 1 aliphatic heterocycles. The Bertz CT molecular complexity index is 427. The molecular formula is C13H17NO4. The molecule has 1 saturated heterocycles. The number of rotatable bonds is 4. The first-order chi connectivity index (χ1) is 8.70. The number of benzene rings is 1. The molecule has 0 bridgehead atoms. The molecule has 0 aliphatic carbocycles. The number of ether oxygens (including phenoxy) is 2. The van der Waals surface area contributed by atoms with Crippen LogP contribution in [-0.4, -0.2) is 37.4 Å². The van der Waals surface area contributed by atoms with Crippen LogP contribution >= 0.6 is 0 Å². The molecular weight excluding hydrogens is 234 g/mol. The third-order valence-corrected chi connectivity index (χ3v) is 2.96. The average Bonchev–Trinajstić information content (AvgIpc) is 2.89. The Morgan fingerprint density at radius 2 is 2.44 bits per heavy atom. The second kappa shape index (κ2) is 5.73. The number of aromatic hydroxyl groups is 1. The van der Waals surface area contributed by atoms with Gasteiger partial charge in [0.2, 0.25) is 0 Å². The standard InChI is InChI=1S/C13H17NO4/c1-17-12-7-9(4-5-11(12)15)13(16)14-8-10-3-2-6-18-10/h4-5,7,10,15H,2-3,6,8H2,1H3,(H,14,16). The minimum Gasteiger partial charge on any atom is -0.504 e. The number of phenols is 1. The van der Waals surface area contributed by atoms with Gasteiger partial charge in [0.25, 0.3) is 5.91 Å². The molecule has 1 heterocycles. The van der Waals surface area contributed by atoms with Crippen LogP contribution in [0.25, 0.3) is 0 Å². The normalized spacial score (nSPS) is 18.6. The summed E-state index contributed by atoms with van der Waals surface area (Å²) in [5.74, 6) is 0.122. The van der Waals surface area contributed by atoms with Crippen molar-refractivity contribution in [2.45, 2.75) is 18.9 Å². The minimum atomic E-state index is -0.191. The van der Waals surface area contributed by atoms with Crippen LogP contribution in [0.1, 0.15) is 23.2 Å². The van der Waals surface area contributed by atoms with Crippen molar-refractivity contribution in [3.63, 3.8) is 0 Å². The summed E-state index contributed by atoms with van der Waals surface area (Å²) >= 11 is 0. The summed E-state index contributed by atoms with van der Waals surface area (Å²) in [6, 6.07) is 4.52. The van der Waals surface area contributed by atoms with Crippen LogP contribution in [0.2, 0.25) is 0 Å². The summed E-state index contributed by atoms with van der Waals surface area (Å²) in [5.41, 5.74) is 0.461. The molecule has 1 amide bonds. The summed E-state index contributed by atoms with van der Waals surface area (Å²) in [4.78, 5) is 11.9. The molecule has 2 rings (SSSR count). The number of hydrogen-bond donors (Lipinski definition) is 2. The van der Waals surface area contributed by atoms with Crippen LogP contribution in [0.15, 0.2) is 18.2 Å². The first-order valence-corrected chi connectivity index (χ1v) is 5.97. The van der Waals surface area contributed by atoms with E-state index in [0.717, 1.165) is 19.4 Å². The molecule has 1 aromatic carbocycles. The molecule has 0 spiro atoms. The maximum absolute atomic E-state index is 11.9. The smallest absolute Gasteiger partial charge is 0.251 e. The number of hydrogen-bond acceptors (Lipinski definition) is 4. The Kier molecular flexibility index (Phi) is 4.04. The number of carbonyl (C=O) groups excluding carboxylic acids is 1. The van der Waals surface area contributed by atoms with Gasteiger partial charge in [-0.15, -0.1) is 0 Å². The molecule has 1 aliphatic rings. The Hall–Kier alpha value is -1.75. The number of methoxy groups -OCH3 is 1. The van der Waals surface area contributed by atoms with Crippen LogP contribution in [-0.2, 0) is 4.74 Å². The van der Waals surface area contributed by atoms with Gasteiger partial charge < -0.3 is 19.9 Å². The van der Waals surface area contributed by atoms with E-state index in [2.05, 4.69) is 5.32 Å². The molecule has 1 unspecified atom stereocenters. The summed E-state index contributed by atoms with van der Waals surface area (Å²) in [7, 11) is 1.45. The predicted molar refractivity (Wildman–Crippen MR) is 66.0 cm³/mol. The lowest BCUT2D eigenvalue weighted by molar-refractivity contribution is 0.0857. The zero-order chi connectivity index (χ0) is 13.0.